The smallest absolute Gasteiger partial charge is 0.225 e. The van der Waals surface area contributed by atoms with E-state index in [0.29, 0.717) is 30.6 Å². The first-order chi connectivity index (χ1) is 15.8. The molecular formula is C27H31N3O2. The summed E-state index contributed by atoms with van der Waals surface area (Å²) in [5.41, 5.74) is 2.61. The highest BCUT2D eigenvalue weighted by Gasteiger charge is 2.21. The summed E-state index contributed by atoms with van der Waals surface area (Å²) in [7, 11) is 0. The molecule has 5 heteroatoms. The number of benzene rings is 2. The Morgan fingerprint density at radius 2 is 1.81 bits per heavy atom. The van der Waals surface area contributed by atoms with E-state index in [4.69, 9.17) is 4.74 Å². The van der Waals surface area contributed by atoms with Gasteiger partial charge in [0.2, 0.25) is 11.8 Å². The van der Waals surface area contributed by atoms with Crippen LogP contribution in [0.15, 0.2) is 54.6 Å². The summed E-state index contributed by atoms with van der Waals surface area (Å²) in [6.07, 6.45) is 5.89. The zero-order valence-electron chi connectivity index (χ0n) is 18.6. The van der Waals surface area contributed by atoms with Crippen LogP contribution in [0.2, 0.25) is 0 Å². The van der Waals surface area contributed by atoms with Crippen molar-refractivity contribution in [2.24, 2.45) is 0 Å². The van der Waals surface area contributed by atoms with Crippen LogP contribution in [0.3, 0.4) is 0 Å². The molecule has 5 rings (SSSR count). The summed E-state index contributed by atoms with van der Waals surface area (Å²) in [6.45, 7) is 4.12. The molecule has 3 aromatic rings. The molecule has 2 aliphatic rings. The number of piperidine rings is 1. The second-order valence-electron chi connectivity index (χ2n) is 8.95. The van der Waals surface area contributed by atoms with Gasteiger partial charge in [-0.25, -0.2) is 0 Å². The summed E-state index contributed by atoms with van der Waals surface area (Å²) in [5.74, 6) is 1.96. The molecule has 1 saturated heterocycles. The predicted octanol–water partition coefficient (Wildman–Crippen LogP) is 5.16. The third-order valence-corrected chi connectivity index (χ3v) is 6.80. The minimum Gasteiger partial charge on any atom is -0.478 e. The number of aryl methyl sites for hydroxylation is 1. The average molecular weight is 430 g/mol. The van der Waals surface area contributed by atoms with Gasteiger partial charge in [-0.2, -0.15) is 4.98 Å². The number of likely N-dealkylation sites (tertiary alicyclic amines) is 1. The third kappa shape index (κ3) is 4.78. The van der Waals surface area contributed by atoms with E-state index in [-0.39, 0.29) is 5.91 Å². The van der Waals surface area contributed by atoms with E-state index in [1.807, 2.05) is 12.1 Å². The van der Waals surface area contributed by atoms with E-state index in [0.717, 1.165) is 31.4 Å². The number of fused-ring (bicyclic) bond motifs is 2. The minimum absolute atomic E-state index is 0.0337. The number of hydrogen-bond acceptors (Lipinski definition) is 4. The second kappa shape index (κ2) is 9.70. The molecule has 1 fully saturated rings. The Bertz CT molecular complexity index is 1080. The molecule has 3 heterocycles. The summed E-state index contributed by atoms with van der Waals surface area (Å²) in [4.78, 5) is 18.6. The van der Waals surface area contributed by atoms with Crippen molar-refractivity contribution in [1.29, 1.82) is 0 Å². The average Bonchev–Trinajstić information content (AvgIpc) is 2.83. The quantitative estimate of drug-likeness (QED) is 0.527. The van der Waals surface area contributed by atoms with Gasteiger partial charge in [-0.1, -0.05) is 42.5 Å². The first-order valence-corrected chi connectivity index (χ1v) is 11.9. The van der Waals surface area contributed by atoms with Crippen LogP contribution in [-0.2, 0) is 11.2 Å². The van der Waals surface area contributed by atoms with Crippen molar-refractivity contribution >= 4 is 22.5 Å². The van der Waals surface area contributed by atoms with Gasteiger partial charge in [0.1, 0.15) is 5.82 Å². The van der Waals surface area contributed by atoms with Crippen molar-refractivity contribution in [1.82, 2.24) is 9.88 Å². The van der Waals surface area contributed by atoms with Gasteiger partial charge in [0.05, 0.1) is 6.61 Å². The fourth-order valence-corrected chi connectivity index (χ4v) is 4.99. The molecule has 1 N–H and O–H groups in total. The van der Waals surface area contributed by atoms with Gasteiger partial charge in [0, 0.05) is 12.5 Å². The molecule has 1 amide bonds. The molecule has 166 valence electrons. The third-order valence-electron chi connectivity index (χ3n) is 6.80. The monoisotopic (exact) mass is 429 g/mol. The Morgan fingerprint density at radius 3 is 2.72 bits per heavy atom. The molecule has 2 aromatic carbocycles. The maximum atomic E-state index is 11.5. The van der Waals surface area contributed by atoms with E-state index < -0.39 is 0 Å². The Balaban J connectivity index is 1.04. The maximum Gasteiger partial charge on any atom is 0.225 e. The zero-order valence-corrected chi connectivity index (χ0v) is 18.6. The Kier molecular flexibility index (Phi) is 6.35. The fourth-order valence-electron chi connectivity index (χ4n) is 4.99. The maximum absolute atomic E-state index is 11.5. The van der Waals surface area contributed by atoms with Crippen LogP contribution in [0.5, 0.6) is 5.88 Å². The second-order valence-corrected chi connectivity index (χ2v) is 8.95. The lowest BCUT2D eigenvalue weighted by Gasteiger charge is -2.32. The topological polar surface area (TPSA) is 54.5 Å². The Morgan fingerprint density at radius 1 is 0.969 bits per heavy atom. The van der Waals surface area contributed by atoms with Gasteiger partial charge in [-0.3, -0.25) is 4.79 Å². The van der Waals surface area contributed by atoms with Gasteiger partial charge in [0.15, 0.2) is 0 Å². The molecule has 32 heavy (non-hydrogen) atoms. The van der Waals surface area contributed by atoms with Gasteiger partial charge >= 0.3 is 0 Å². The van der Waals surface area contributed by atoms with Crippen LogP contribution in [0.1, 0.15) is 49.1 Å². The molecule has 1 aromatic heterocycles. The predicted molar refractivity (Wildman–Crippen MR) is 128 cm³/mol. The molecule has 0 aliphatic carbocycles. The molecule has 0 spiro atoms. The van der Waals surface area contributed by atoms with E-state index in [1.165, 1.54) is 42.3 Å². The summed E-state index contributed by atoms with van der Waals surface area (Å²) < 4.78 is 5.83. The van der Waals surface area contributed by atoms with E-state index in [1.54, 1.807) is 0 Å². The van der Waals surface area contributed by atoms with Crippen molar-refractivity contribution in [2.45, 2.75) is 44.4 Å². The number of anilines is 1. The van der Waals surface area contributed by atoms with E-state index in [2.05, 4.69) is 57.7 Å². The lowest BCUT2D eigenvalue weighted by Crippen LogP contribution is -2.33. The number of nitrogens with zero attached hydrogens (tertiary/aromatic N) is 2. The number of unbranched alkanes of at least 4 members (excludes halogenated alkanes) is 1. The van der Waals surface area contributed by atoms with Crippen molar-refractivity contribution < 1.29 is 9.53 Å². The molecule has 0 unspecified atom stereocenters. The van der Waals surface area contributed by atoms with Crippen LogP contribution >= 0.6 is 0 Å². The molecule has 2 aliphatic heterocycles. The molecule has 0 radical (unpaired) electrons. The number of amides is 1. The van der Waals surface area contributed by atoms with Gasteiger partial charge in [-0.05, 0) is 85.6 Å². The van der Waals surface area contributed by atoms with Gasteiger partial charge in [0.25, 0.3) is 0 Å². The SMILES string of the molecule is O=C1CCc2ccc(OCCCCN3CCC(c4cccc5ccccc45)CC3)nc2N1. The number of carbonyl (C=O) groups is 1. The van der Waals surface area contributed by atoms with E-state index in [9.17, 15) is 4.79 Å². The number of ether oxygens (including phenoxy) is 1. The first kappa shape index (κ1) is 21.0. The standard InChI is InChI=1S/C27H31N3O2/c31-25-12-10-22-11-13-26(29-27(22)28-25)32-19-4-3-16-30-17-14-21(15-18-30)24-9-5-7-20-6-1-2-8-23(20)24/h1-2,5-9,11,13,21H,3-4,10,12,14-19H2,(H,28,29,31). The summed E-state index contributed by atoms with van der Waals surface area (Å²) in [5, 5.41) is 5.60. The fraction of sp³-hybridized carbons (Fsp3) is 0.407. The van der Waals surface area contributed by atoms with Crippen LogP contribution in [0.25, 0.3) is 10.8 Å². The molecule has 0 bridgehead atoms. The number of rotatable bonds is 7. The molecule has 0 saturated carbocycles. The van der Waals surface area contributed by atoms with Crippen LogP contribution in [0.4, 0.5) is 5.82 Å². The lowest BCUT2D eigenvalue weighted by molar-refractivity contribution is -0.116. The molecular weight excluding hydrogens is 398 g/mol. The highest BCUT2D eigenvalue weighted by atomic mass is 16.5. The van der Waals surface area contributed by atoms with Gasteiger partial charge < -0.3 is 15.0 Å². The van der Waals surface area contributed by atoms with Crippen LogP contribution < -0.4 is 10.1 Å². The first-order valence-electron chi connectivity index (χ1n) is 11.9. The molecule has 0 atom stereocenters. The Labute approximate surface area is 189 Å². The number of aromatic nitrogens is 1. The molecule has 5 nitrogen and oxygen atoms in total. The van der Waals surface area contributed by atoms with Crippen molar-refractivity contribution in [3.8, 4) is 5.88 Å². The minimum atomic E-state index is 0.0337. The Hall–Kier alpha value is -2.92. The normalized spacial score (nSPS) is 17.2. The number of carbonyl (C=O) groups excluding carboxylic acids is 1. The van der Waals surface area contributed by atoms with Crippen molar-refractivity contribution in [2.75, 3.05) is 31.6 Å². The number of hydrogen-bond donors (Lipinski definition) is 1. The largest absolute Gasteiger partial charge is 0.478 e. The zero-order chi connectivity index (χ0) is 21.8. The lowest BCUT2D eigenvalue weighted by atomic mass is 9.86. The van der Waals surface area contributed by atoms with Crippen LogP contribution in [-0.4, -0.2) is 42.0 Å². The number of pyridine rings is 1. The summed E-state index contributed by atoms with van der Waals surface area (Å²) >= 11 is 0. The van der Waals surface area contributed by atoms with Gasteiger partial charge in [-0.15, -0.1) is 0 Å². The van der Waals surface area contributed by atoms with E-state index >= 15 is 0 Å². The van der Waals surface area contributed by atoms with Crippen LogP contribution in [0, 0.1) is 0 Å². The van der Waals surface area contributed by atoms with Crippen molar-refractivity contribution in [3.63, 3.8) is 0 Å². The van der Waals surface area contributed by atoms with Crippen molar-refractivity contribution in [3.05, 3.63) is 65.7 Å². The highest BCUT2D eigenvalue weighted by Crippen LogP contribution is 2.33. The highest BCUT2D eigenvalue weighted by molar-refractivity contribution is 5.92. The summed E-state index contributed by atoms with van der Waals surface area (Å²) in [6, 6.07) is 19.4. The number of nitrogens with one attached hydrogen (secondary N) is 1.